The third-order valence-corrected chi connectivity index (χ3v) is 7.65. The van der Waals surface area contributed by atoms with Gasteiger partial charge < -0.3 is 30.9 Å². The maximum Gasteiger partial charge on any atom is 0.333 e. The number of unbranched alkanes of at least 4 members (excludes halogenated alkanes) is 12. The number of ether oxygens (including phenoxy) is 1. The molecule has 2 unspecified atom stereocenters. The quantitative estimate of drug-likeness (QED) is 0.157. The first-order valence-corrected chi connectivity index (χ1v) is 14.6. The van der Waals surface area contributed by atoms with E-state index in [9.17, 15) is 24.9 Å². The molecule has 1 aromatic heterocycles. The van der Waals surface area contributed by atoms with Gasteiger partial charge in [0.25, 0.3) is 5.56 Å². The van der Waals surface area contributed by atoms with Crippen LogP contribution in [0.25, 0.3) is 0 Å². The highest BCUT2D eigenvalue weighted by Crippen LogP contribution is 2.27. The number of hydrogen-bond acceptors (Lipinski definition) is 8. The van der Waals surface area contributed by atoms with E-state index in [0.29, 0.717) is 18.5 Å². The molecule has 2 heterocycles. The number of nitrogens with zero attached hydrogens (tertiary/aromatic N) is 2. The lowest BCUT2D eigenvalue weighted by molar-refractivity contribution is -0.0464. The Morgan fingerprint density at radius 1 is 0.947 bits per heavy atom. The van der Waals surface area contributed by atoms with Crippen molar-refractivity contribution in [3.63, 3.8) is 0 Å². The minimum atomic E-state index is -0.841. The van der Waals surface area contributed by atoms with Gasteiger partial charge in [-0.15, -0.1) is 0 Å². The van der Waals surface area contributed by atoms with Crippen molar-refractivity contribution in [2.24, 2.45) is 5.73 Å². The Morgan fingerprint density at radius 2 is 1.47 bits per heavy atom. The van der Waals surface area contributed by atoms with Gasteiger partial charge in [-0.3, -0.25) is 13.9 Å². The van der Waals surface area contributed by atoms with Crippen molar-refractivity contribution in [2.75, 3.05) is 13.2 Å². The van der Waals surface area contributed by atoms with Gasteiger partial charge in [0.2, 0.25) is 0 Å². The van der Waals surface area contributed by atoms with E-state index in [4.69, 9.17) is 15.6 Å². The molecule has 10 nitrogen and oxygen atoms in total. The Kier molecular flexibility index (Phi) is 15.4. The minimum absolute atomic E-state index is 0.171. The molecule has 2 rings (SSSR count). The van der Waals surface area contributed by atoms with Crippen molar-refractivity contribution in [1.82, 2.24) is 9.13 Å². The minimum Gasteiger partial charge on any atom is -0.395 e. The van der Waals surface area contributed by atoms with Gasteiger partial charge in [0.05, 0.1) is 31.5 Å². The highest BCUT2D eigenvalue weighted by Gasteiger charge is 2.35. The first-order chi connectivity index (χ1) is 18.3. The molecule has 1 fully saturated rings. The Morgan fingerprint density at radius 3 is 1.97 bits per heavy atom. The molecule has 1 aliphatic heterocycles. The summed E-state index contributed by atoms with van der Waals surface area (Å²) < 4.78 is 8.25. The number of rotatable bonds is 20. The first kappa shape index (κ1) is 32.7. The monoisotopic (exact) mass is 541 g/mol. The maximum absolute atomic E-state index is 12.9. The third kappa shape index (κ3) is 10.5. The number of aromatic nitrogens is 2. The standard InChI is InChI=1S/C28H51N3O7/c1-21-18-31(26-17-24(35)25(20-33)38-26)28(37)30(27(21)36)16-14-12-10-8-6-4-2-3-5-7-9-11-13-15-23(34)22(29)19-32/h18,22-26,32-35H,2-17,19-20,29H2,1H3/t22?,23?,24-,25+,26+/m0/s1. The van der Waals surface area contributed by atoms with E-state index in [2.05, 4.69) is 0 Å². The summed E-state index contributed by atoms with van der Waals surface area (Å²) in [5.74, 6) is 0. The van der Waals surface area contributed by atoms with Crippen LogP contribution >= 0.6 is 0 Å². The average molecular weight is 542 g/mol. The normalized spacial score (nSPS) is 21.2. The van der Waals surface area contributed by atoms with Crippen LogP contribution < -0.4 is 17.0 Å². The Balaban J connectivity index is 1.54. The Bertz CT molecular complexity index is 903. The van der Waals surface area contributed by atoms with Gasteiger partial charge in [-0.2, -0.15) is 0 Å². The molecule has 10 heteroatoms. The molecule has 0 aliphatic carbocycles. The highest BCUT2D eigenvalue weighted by atomic mass is 16.5. The van der Waals surface area contributed by atoms with Gasteiger partial charge in [0, 0.05) is 24.7 Å². The molecule has 0 aromatic carbocycles. The van der Waals surface area contributed by atoms with Crippen molar-refractivity contribution in [3.8, 4) is 0 Å². The summed E-state index contributed by atoms with van der Waals surface area (Å²) in [6.07, 6.45) is 14.1. The molecular weight excluding hydrogens is 490 g/mol. The summed E-state index contributed by atoms with van der Waals surface area (Å²) in [4.78, 5) is 25.5. The summed E-state index contributed by atoms with van der Waals surface area (Å²) >= 11 is 0. The van der Waals surface area contributed by atoms with E-state index in [0.717, 1.165) is 38.5 Å². The van der Waals surface area contributed by atoms with Crippen LogP contribution in [-0.4, -0.2) is 67.1 Å². The largest absolute Gasteiger partial charge is 0.395 e. The van der Waals surface area contributed by atoms with E-state index in [1.54, 1.807) is 6.92 Å². The lowest BCUT2D eigenvalue weighted by Gasteiger charge is -2.17. The van der Waals surface area contributed by atoms with Gasteiger partial charge in [-0.1, -0.05) is 77.0 Å². The van der Waals surface area contributed by atoms with E-state index in [1.807, 2.05) is 0 Å². The maximum atomic E-state index is 12.9. The summed E-state index contributed by atoms with van der Waals surface area (Å²) in [7, 11) is 0. The molecular formula is C28H51N3O7. The Hall–Kier alpha value is -1.56. The zero-order valence-electron chi connectivity index (χ0n) is 23.2. The van der Waals surface area contributed by atoms with Crippen molar-refractivity contribution in [3.05, 3.63) is 32.6 Å². The van der Waals surface area contributed by atoms with Gasteiger partial charge in [-0.05, 0) is 19.8 Å². The predicted octanol–water partition coefficient (Wildman–Crippen LogP) is 2.10. The smallest absolute Gasteiger partial charge is 0.333 e. The predicted molar refractivity (Wildman–Crippen MR) is 147 cm³/mol. The summed E-state index contributed by atoms with van der Waals surface area (Å²) in [6, 6.07) is -0.527. The molecule has 1 aliphatic rings. The fourth-order valence-electron chi connectivity index (χ4n) is 5.12. The third-order valence-electron chi connectivity index (χ3n) is 7.65. The van der Waals surface area contributed by atoms with Crippen LogP contribution in [-0.2, 0) is 11.3 Å². The van der Waals surface area contributed by atoms with Crippen molar-refractivity contribution >= 4 is 0 Å². The molecule has 0 bridgehead atoms. The molecule has 0 radical (unpaired) electrons. The van der Waals surface area contributed by atoms with Gasteiger partial charge in [0.15, 0.2) is 0 Å². The molecule has 220 valence electrons. The van der Waals surface area contributed by atoms with Crippen LogP contribution in [0, 0.1) is 6.92 Å². The van der Waals surface area contributed by atoms with Crippen LogP contribution in [0.4, 0.5) is 0 Å². The van der Waals surface area contributed by atoms with E-state index in [-0.39, 0.29) is 25.2 Å². The molecule has 5 atom stereocenters. The molecule has 0 amide bonds. The second-order valence-electron chi connectivity index (χ2n) is 10.9. The van der Waals surface area contributed by atoms with Crippen LogP contribution in [0.5, 0.6) is 0 Å². The fourth-order valence-corrected chi connectivity index (χ4v) is 5.12. The van der Waals surface area contributed by atoms with Crippen LogP contribution in [0.1, 0.15) is 108 Å². The van der Waals surface area contributed by atoms with Crippen LogP contribution in [0.2, 0.25) is 0 Å². The first-order valence-electron chi connectivity index (χ1n) is 14.6. The van der Waals surface area contributed by atoms with E-state index < -0.39 is 36.3 Å². The molecule has 6 N–H and O–H groups in total. The number of hydrogen-bond donors (Lipinski definition) is 5. The second-order valence-corrected chi connectivity index (χ2v) is 10.9. The van der Waals surface area contributed by atoms with Gasteiger partial charge >= 0.3 is 5.69 Å². The molecule has 0 spiro atoms. The molecule has 0 saturated carbocycles. The highest BCUT2D eigenvalue weighted by molar-refractivity contribution is 5.04. The van der Waals surface area contributed by atoms with Crippen molar-refractivity contribution in [1.29, 1.82) is 0 Å². The number of aliphatic hydroxyl groups is 4. The number of aliphatic hydroxyl groups excluding tert-OH is 4. The summed E-state index contributed by atoms with van der Waals surface area (Å²) in [6.45, 7) is 1.55. The second kappa shape index (κ2) is 17.9. The fraction of sp³-hybridized carbons (Fsp3) is 0.857. The van der Waals surface area contributed by atoms with Crippen LogP contribution in [0.15, 0.2) is 15.8 Å². The van der Waals surface area contributed by atoms with Crippen LogP contribution in [0.3, 0.4) is 0 Å². The number of aryl methyl sites for hydroxylation is 1. The SMILES string of the molecule is Cc1cn([C@H]2C[C@H](O)[C@@H](CO)O2)c(=O)n(CCCCCCCCCCCCCCCC(O)C(N)CO)c1=O. The molecule has 1 saturated heterocycles. The summed E-state index contributed by atoms with van der Waals surface area (Å²) in [5.41, 5.74) is 5.34. The topological polar surface area (TPSA) is 160 Å². The lowest BCUT2D eigenvalue weighted by Crippen LogP contribution is -2.42. The van der Waals surface area contributed by atoms with Gasteiger partial charge in [-0.25, -0.2) is 4.79 Å². The van der Waals surface area contributed by atoms with Crippen molar-refractivity contribution in [2.45, 2.75) is 140 Å². The molecule has 1 aromatic rings. The zero-order chi connectivity index (χ0) is 27.9. The van der Waals surface area contributed by atoms with E-state index >= 15 is 0 Å². The molecule has 38 heavy (non-hydrogen) atoms. The Labute approximate surface area is 226 Å². The number of nitrogens with two attached hydrogens (primary N) is 1. The summed E-state index contributed by atoms with van der Waals surface area (Å²) in [5, 5.41) is 38.0. The zero-order valence-corrected chi connectivity index (χ0v) is 23.2. The lowest BCUT2D eigenvalue weighted by atomic mass is 10.0. The van der Waals surface area contributed by atoms with E-state index in [1.165, 1.54) is 60.3 Å². The average Bonchev–Trinajstić information content (AvgIpc) is 3.29. The van der Waals surface area contributed by atoms with Crippen molar-refractivity contribution < 1.29 is 25.2 Å². The van der Waals surface area contributed by atoms with Gasteiger partial charge in [0.1, 0.15) is 12.3 Å².